The van der Waals surface area contributed by atoms with Crippen LogP contribution in [0.25, 0.3) is 0 Å². The summed E-state index contributed by atoms with van der Waals surface area (Å²) in [5, 5.41) is 0. The van der Waals surface area contributed by atoms with Crippen LogP contribution in [-0.4, -0.2) is 38.9 Å². The van der Waals surface area contributed by atoms with Gasteiger partial charge >= 0.3 is 5.97 Å². The highest BCUT2D eigenvalue weighted by Gasteiger charge is 2.20. The van der Waals surface area contributed by atoms with Crippen molar-refractivity contribution < 1.29 is 14.3 Å². The first-order valence-corrected chi connectivity index (χ1v) is 6.50. The lowest BCUT2D eigenvalue weighted by Crippen LogP contribution is -2.42. The Hall–Kier alpha value is -1.75. The zero-order chi connectivity index (χ0) is 13.8. The van der Waals surface area contributed by atoms with Gasteiger partial charge in [0.15, 0.2) is 0 Å². The average Bonchev–Trinajstić information content (AvgIpc) is 2.47. The lowest BCUT2D eigenvalue weighted by molar-refractivity contribution is 0.0384. The van der Waals surface area contributed by atoms with Gasteiger partial charge < -0.3 is 20.1 Å². The topological polar surface area (TPSA) is 64.8 Å². The van der Waals surface area contributed by atoms with Crippen LogP contribution in [-0.2, 0) is 9.47 Å². The van der Waals surface area contributed by atoms with Gasteiger partial charge in [0, 0.05) is 24.5 Å². The minimum Gasteiger partial charge on any atom is -0.465 e. The molecule has 0 bridgehead atoms. The minimum absolute atomic E-state index is 0.243. The first kappa shape index (κ1) is 13.7. The first-order chi connectivity index (χ1) is 9.15. The number of hydrogen-bond donors (Lipinski definition) is 1. The van der Waals surface area contributed by atoms with E-state index in [-0.39, 0.29) is 6.10 Å². The second kappa shape index (κ2) is 5.93. The molecular weight excluding hydrogens is 244 g/mol. The van der Waals surface area contributed by atoms with Crippen molar-refractivity contribution in [3.63, 3.8) is 0 Å². The summed E-state index contributed by atoms with van der Waals surface area (Å²) in [6.45, 7) is 4.47. The zero-order valence-corrected chi connectivity index (χ0v) is 11.4. The Morgan fingerprint density at radius 1 is 1.58 bits per heavy atom. The monoisotopic (exact) mass is 264 g/mol. The van der Waals surface area contributed by atoms with Crippen LogP contribution < -0.4 is 10.6 Å². The molecule has 1 aromatic carbocycles. The van der Waals surface area contributed by atoms with E-state index in [9.17, 15) is 4.79 Å². The molecule has 5 nitrogen and oxygen atoms in total. The Labute approximate surface area is 113 Å². The number of rotatable bonds is 3. The Morgan fingerprint density at radius 3 is 3.05 bits per heavy atom. The van der Waals surface area contributed by atoms with Gasteiger partial charge in [-0.2, -0.15) is 0 Å². The van der Waals surface area contributed by atoms with Crippen molar-refractivity contribution in [3.05, 3.63) is 23.8 Å². The van der Waals surface area contributed by atoms with E-state index in [1.54, 1.807) is 12.1 Å². The third-order valence-corrected chi connectivity index (χ3v) is 3.40. The van der Waals surface area contributed by atoms with Crippen LogP contribution in [0.3, 0.4) is 0 Å². The molecule has 0 spiro atoms. The second-order valence-corrected chi connectivity index (χ2v) is 4.61. The second-order valence-electron chi connectivity index (χ2n) is 4.61. The van der Waals surface area contributed by atoms with Gasteiger partial charge in [-0.05, 0) is 24.6 Å². The molecule has 2 rings (SSSR count). The van der Waals surface area contributed by atoms with Crippen molar-refractivity contribution in [2.24, 2.45) is 0 Å². The van der Waals surface area contributed by atoms with Crippen molar-refractivity contribution in [1.29, 1.82) is 0 Å². The molecule has 1 fully saturated rings. The molecule has 1 saturated heterocycles. The number of nitrogen functional groups attached to an aromatic ring is 1. The molecule has 1 heterocycles. The number of methoxy groups -OCH3 is 1. The molecule has 2 N–H and O–H groups in total. The summed E-state index contributed by atoms with van der Waals surface area (Å²) in [7, 11) is 1.36. The number of nitrogens with zero attached hydrogens (tertiary/aromatic N) is 1. The summed E-state index contributed by atoms with van der Waals surface area (Å²) < 4.78 is 10.4. The molecule has 1 aromatic rings. The van der Waals surface area contributed by atoms with Gasteiger partial charge in [-0.1, -0.05) is 6.92 Å². The van der Waals surface area contributed by atoms with Gasteiger partial charge in [0.2, 0.25) is 0 Å². The van der Waals surface area contributed by atoms with E-state index < -0.39 is 5.97 Å². The van der Waals surface area contributed by atoms with Crippen molar-refractivity contribution >= 4 is 17.3 Å². The molecule has 1 aliphatic heterocycles. The van der Waals surface area contributed by atoms with Crippen LogP contribution in [0.5, 0.6) is 0 Å². The Balaban J connectivity index is 2.22. The van der Waals surface area contributed by atoms with Crippen LogP contribution in [0.4, 0.5) is 11.4 Å². The number of carbonyl (C=O) groups is 1. The van der Waals surface area contributed by atoms with Crippen LogP contribution in [0.1, 0.15) is 23.7 Å². The number of esters is 1. The lowest BCUT2D eigenvalue weighted by atomic mass is 10.1. The Bertz CT molecular complexity index is 462. The van der Waals surface area contributed by atoms with Gasteiger partial charge in [0.25, 0.3) is 0 Å². The van der Waals surface area contributed by atoms with Crippen LogP contribution in [0, 0.1) is 0 Å². The quantitative estimate of drug-likeness (QED) is 0.664. The molecule has 19 heavy (non-hydrogen) atoms. The van der Waals surface area contributed by atoms with Crippen LogP contribution in [0.15, 0.2) is 18.2 Å². The number of nitrogens with two attached hydrogens (primary N) is 1. The zero-order valence-electron chi connectivity index (χ0n) is 11.4. The molecule has 1 aliphatic rings. The average molecular weight is 264 g/mol. The molecule has 104 valence electrons. The predicted molar refractivity (Wildman–Crippen MR) is 74.4 cm³/mol. The lowest BCUT2D eigenvalue weighted by Gasteiger charge is -2.34. The molecule has 1 unspecified atom stereocenters. The van der Waals surface area contributed by atoms with Gasteiger partial charge in [-0.3, -0.25) is 0 Å². The molecule has 5 heteroatoms. The van der Waals surface area contributed by atoms with E-state index in [1.165, 1.54) is 7.11 Å². The highest BCUT2D eigenvalue weighted by molar-refractivity contribution is 5.96. The summed E-state index contributed by atoms with van der Waals surface area (Å²) in [6.07, 6.45) is 1.22. The summed E-state index contributed by atoms with van der Waals surface area (Å²) in [5.41, 5.74) is 7.64. The van der Waals surface area contributed by atoms with Crippen LogP contribution in [0.2, 0.25) is 0 Å². The molecular formula is C14H20N2O3. The first-order valence-electron chi connectivity index (χ1n) is 6.50. The van der Waals surface area contributed by atoms with E-state index in [1.807, 2.05) is 6.07 Å². The standard InChI is InChI=1S/C14H20N2O3/c1-3-11-9-16(6-7-19-11)10-4-5-13(15)12(8-10)14(17)18-2/h4-5,8,11H,3,6-7,9,15H2,1-2H3. The summed E-state index contributed by atoms with van der Waals surface area (Å²) in [5.74, 6) is -0.403. The van der Waals surface area contributed by atoms with E-state index in [0.29, 0.717) is 17.9 Å². The van der Waals surface area contributed by atoms with E-state index in [2.05, 4.69) is 11.8 Å². The Kier molecular flexibility index (Phi) is 4.27. The number of carbonyl (C=O) groups excluding carboxylic acids is 1. The number of anilines is 2. The van der Waals surface area contributed by atoms with Gasteiger partial charge in [0.05, 0.1) is 25.4 Å². The molecule has 0 aliphatic carbocycles. The largest absolute Gasteiger partial charge is 0.465 e. The van der Waals surface area contributed by atoms with Gasteiger partial charge in [-0.15, -0.1) is 0 Å². The third-order valence-electron chi connectivity index (χ3n) is 3.40. The molecule has 0 aromatic heterocycles. The van der Waals surface area contributed by atoms with E-state index in [4.69, 9.17) is 15.2 Å². The van der Waals surface area contributed by atoms with Gasteiger partial charge in [0.1, 0.15) is 0 Å². The number of morpholine rings is 1. The van der Waals surface area contributed by atoms with E-state index >= 15 is 0 Å². The SMILES string of the molecule is CCC1CN(c2ccc(N)c(C(=O)OC)c2)CCO1. The molecule has 0 radical (unpaired) electrons. The predicted octanol–water partition coefficient (Wildman–Crippen LogP) is 1.67. The fourth-order valence-corrected chi connectivity index (χ4v) is 2.23. The minimum atomic E-state index is -0.403. The van der Waals surface area contributed by atoms with Crippen molar-refractivity contribution in [1.82, 2.24) is 0 Å². The normalized spacial score (nSPS) is 19.3. The smallest absolute Gasteiger partial charge is 0.340 e. The fourth-order valence-electron chi connectivity index (χ4n) is 2.23. The maximum Gasteiger partial charge on any atom is 0.340 e. The maximum absolute atomic E-state index is 11.6. The molecule has 0 saturated carbocycles. The summed E-state index contributed by atoms with van der Waals surface area (Å²) >= 11 is 0. The maximum atomic E-state index is 11.6. The number of benzene rings is 1. The third kappa shape index (κ3) is 2.98. The summed E-state index contributed by atoms with van der Waals surface area (Å²) in [4.78, 5) is 13.9. The number of hydrogen-bond acceptors (Lipinski definition) is 5. The fraction of sp³-hybridized carbons (Fsp3) is 0.500. The highest BCUT2D eigenvalue weighted by atomic mass is 16.5. The van der Waals surface area contributed by atoms with Crippen molar-refractivity contribution in [2.45, 2.75) is 19.4 Å². The van der Waals surface area contributed by atoms with Gasteiger partial charge in [-0.25, -0.2) is 4.79 Å². The van der Waals surface area contributed by atoms with Crippen molar-refractivity contribution in [3.8, 4) is 0 Å². The highest BCUT2D eigenvalue weighted by Crippen LogP contribution is 2.24. The Morgan fingerprint density at radius 2 is 2.37 bits per heavy atom. The summed E-state index contributed by atoms with van der Waals surface area (Å²) in [6, 6.07) is 5.47. The molecule has 1 atom stereocenters. The van der Waals surface area contributed by atoms with Crippen molar-refractivity contribution in [2.75, 3.05) is 37.4 Å². The van der Waals surface area contributed by atoms with E-state index in [0.717, 1.165) is 25.2 Å². The molecule has 0 amide bonds. The van der Waals surface area contributed by atoms with Crippen LogP contribution >= 0.6 is 0 Å². The number of ether oxygens (including phenoxy) is 2.